The lowest BCUT2D eigenvalue weighted by molar-refractivity contribution is -0.116. The highest BCUT2D eigenvalue weighted by Gasteiger charge is 2.22. The standard InChI is InChI=1S/C24H24N2O2/c27-23(15-14-19-10-7-9-18-8-1-2-11-20(18)19)25-22-13-4-3-12-21(22)24(28)26-16-5-6-17-26/h1-4,7-13H,5-6,14-17H2,(H,25,27). The maximum atomic E-state index is 12.7. The molecule has 2 amide bonds. The second kappa shape index (κ2) is 8.26. The van der Waals surface area contributed by atoms with Crippen LogP contribution in [0.2, 0.25) is 0 Å². The molecule has 0 spiro atoms. The third kappa shape index (κ3) is 3.91. The van der Waals surface area contributed by atoms with Gasteiger partial charge in [0.05, 0.1) is 11.3 Å². The van der Waals surface area contributed by atoms with Gasteiger partial charge in [-0.25, -0.2) is 0 Å². The Morgan fingerprint density at radius 2 is 1.57 bits per heavy atom. The molecule has 142 valence electrons. The van der Waals surface area contributed by atoms with Crippen LogP contribution >= 0.6 is 0 Å². The molecule has 0 aliphatic carbocycles. The van der Waals surface area contributed by atoms with Crippen LogP contribution in [0.1, 0.15) is 35.2 Å². The third-order valence-electron chi connectivity index (χ3n) is 5.33. The first-order valence-corrected chi connectivity index (χ1v) is 9.87. The summed E-state index contributed by atoms with van der Waals surface area (Å²) in [6.45, 7) is 1.59. The summed E-state index contributed by atoms with van der Waals surface area (Å²) in [4.78, 5) is 27.2. The molecule has 1 saturated heterocycles. The van der Waals surface area contributed by atoms with E-state index in [1.807, 2.05) is 35.2 Å². The van der Waals surface area contributed by atoms with Gasteiger partial charge in [-0.2, -0.15) is 0 Å². The number of anilines is 1. The summed E-state index contributed by atoms with van der Waals surface area (Å²) in [5.74, 6) is -0.0722. The van der Waals surface area contributed by atoms with Gasteiger partial charge in [-0.1, -0.05) is 54.6 Å². The number of para-hydroxylation sites is 1. The highest BCUT2D eigenvalue weighted by atomic mass is 16.2. The Morgan fingerprint density at radius 3 is 2.43 bits per heavy atom. The second-order valence-electron chi connectivity index (χ2n) is 7.23. The van der Waals surface area contributed by atoms with Crippen molar-refractivity contribution < 1.29 is 9.59 Å². The molecule has 1 aliphatic rings. The molecule has 3 aromatic carbocycles. The number of carbonyl (C=O) groups excluding carboxylic acids is 2. The fourth-order valence-electron chi connectivity index (χ4n) is 3.84. The zero-order chi connectivity index (χ0) is 19.3. The van der Waals surface area contributed by atoms with Crippen LogP contribution in [0, 0.1) is 0 Å². The summed E-state index contributed by atoms with van der Waals surface area (Å²) < 4.78 is 0. The van der Waals surface area contributed by atoms with E-state index >= 15 is 0 Å². The number of hydrogen-bond donors (Lipinski definition) is 1. The molecule has 0 saturated carbocycles. The molecule has 1 aliphatic heterocycles. The molecule has 1 fully saturated rings. The monoisotopic (exact) mass is 372 g/mol. The normalized spacial score (nSPS) is 13.6. The van der Waals surface area contributed by atoms with Crippen LogP contribution in [-0.4, -0.2) is 29.8 Å². The highest BCUT2D eigenvalue weighted by molar-refractivity contribution is 6.04. The molecule has 4 heteroatoms. The van der Waals surface area contributed by atoms with E-state index in [0.717, 1.165) is 31.5 Å². The lowest BCUT2D eigenvalue weighted by Gasteiger charge is -2.18. The van der Waals surface area contributed by atoms with E-state index < -0.39 is 0 Å². The molecular weight excluding hydrogens is 348 g/mol. The fourth-order valence-corrected chi connectivity index (χ4v) is 3.84. The smallest absolute Gasteiger partial charge is 0.255 e. The molecule has 28 heavy (non-hydrogen) atoms. The van der Waals surface area contributed by atoms with Crippen molar-refractivity contribution in [3.63, 3.8) is 0 Å². The van der Waals surface area contributed by atoms with Crippen LogP contribution in [0.5, 0.6) is 0 Å². The summed E-state index contributed by atoms with van der Waals surface area (Å²) in [5.41, 5.74) is 2.33. The van der Waals surface area contributed by atoms with E-state index in [1.165, 1.54) is 10.8 Å². The molecule has 3 aromatic rings. The van der Waals surface area contributed by atoms with Crippen molar-refractivity contribution in [3.8, 4) is 0 Å². The van der Waals surface area contributed by atoms with Crippen LogP contribution < -0.4 is 5.32 Å². The minimum Gasteiger partial charge on any atom is -0.339 e. The van der Waals surface area contributed by atoms with E-state index in [2.05, 4.69) is 29.6 Å². The van der Waals surface area contributed by atoms with Gasteiger partial charge >= 0.3 is 0 Å². The van der Waals surface area contributed by atoms with Crippen molar-refractivity contribution in [3.05, 3.63) is 77.9 Å². The van der Waals surface area contributed by atoms with Gasteiger partial charge in [-0.3, -0.25) is 9.59 Å². The van der Waals surface area contributed by atoms with Crippen LogP contribution in [0.3, 0.4) is 0 Å². The summed E-state index contributed by atoms with van der Waals surface area (Å²) >= 11 is 0. The van der Waals surface area contributed by atoms with Gasteiger partial charge < -0.3 is 10.2 Å². The zero-order valence-electron chi connectivity index (χ0n) is 15.9. The SMILES string of the molecule is O=C(CCc1cccc2ccccc12)Nc1ccccc1C(=O)N1CCCC1. The number of nitrogens with one attached hydrogen (secondary N) is 1. The van der Waals surface area contributed by atoms with E-state index in [0.29, 0.717) is 24.1 Å². The molecule has 1 heterocycles. The first-order chi connectivity index (χ1) is 13.7. The van der Waals surface area contributed by atoms with Crippen molar-refractivity contribution in [2.45, 2.75) is 25.7 Å². The number of hydrogen-bond acceptors (Lipinski definition) is 2. The molecule has 1 N–H and O–H groups in total. The minimum atomic E-state index is -0.0744. The summed E-state index contributed by atoms with van der Waals surface area (Å²) in [5, 5.41) is 5.31. The van der Waals surface area contributed by atoms with E-state index in [-0.39, 0.29) is 11.8 Å². The third-order valence-corrected chi connectivity index (χ3v) is 5.33. The number of carbonyl (C=O) groups is 2. The first-order valence-electron chi connectivity index (χ1n) is 9.87. The van der Waals surface area contributed by atoms with Gasteiger partial charge in [-0.05, 0) is 47.7 Å². The average molecular weight is 372 g/mol. The van der Waals surface area contributed by atoms with Crippen LogP contribution in [0.4, 0.5) is 5.69 Å². The largest absolute Gasteiger partial charge is 0.339 e. The molecule has 0 unspecified atom stereocenters. The minimum absolute atomic E-state index is 0.00227. The Hall–Kier alpha value is -3.14. The van der Waals surface area contributed by atoms with Crippen LogP contribution in [0.15, 0.2) is 66.7 Å². The number of nitrogens with zero attached hydrogens (tertiary/aromatic N) is 1. The molecule has 0 atom stereocenters. The Kier molecular flexibility index (Phi) is 5.38. The lowest BCUT2D eigenvalue weighted by atomic mass is 10.0. The lowest BCUT2D eigenvalue weighted by Crippen LogP contribution is -2.28. The Labute approximate surface area is 165 Å². The molecule has 4 rings (SSSR count). The van der Waals surface area contributed by atoms with Gasteiger partial charge in [-0.15, -0.1) is 0 Å². The van der Waals surface area contributed by atoms with Crippen molar-refractivity contribution in [1.29, 1.82) is 0 Å². The Balaban J connectivity index is 1.45. The van der Waals surface area contributed by atoms with Crippen LogP contribution in [-0.2, 0) is 11.2 Å². The maximum Gasteiger partial charge on any atom is 0.255 e. The topological polar surface area (TPSA) is 49.4 Å². The number of amides is 2. The molecule has 0 aromatic heterocycles. The molecule has 0 radical (unpaired) electrons. The number of benzene rings is 3. The van der Waals surface area contributed by atoms with Crippen molar-refractivity contribution in [2.24, 2.45) is 0 Å². The molecular formula is C24H24N2O2. The Morgan fingerprint density at radius 1 is 0.857 bits per heavy atom. The molecule has 4 nitrogen and oxygen atoms in total. The number of likely N-dealkylation sites (tertiary alicyclic amines) is 1. The van der Waals surface area contributed by atoms with Crippen molar-refractivity contribution >= 4 is 28.3 Å². The van der Waals surface area contributed by atoms with E-state index in [9.17, 15) is 9.59 Å². The van der Waals surface area contributed by atoms with Gasteiger partial charge in [0.25, 0.3) is 5.91 Å². The Bertz CT molecular complexity index is 1000. The zero-order valence-corrected chi connectivity index (χ0v) is 15.9. The van der Waals surface area contributed by atoms with E-state index in [1.54, 1.807) is 12.1 Å². The first kappa shape index (κ1) is 18.2. The van der Waals surface area contributed by atoms with Gasteiger partial charge in [0.15, 0.2) is 0 Å². The highest BCUT2D eigenvalue weighted by Crippen LogP contribution is 2.22. The predicted octanol–water partition coefficient (Wildman–Crippen LogP) is 4.65. The fraction of sp³-hybridized carbons (Fsp3) is 0.250. The van der Waals surface area contributed by atoms with E-state index in [4.69, 9.17) is 0 Å². The van der Waals surface area contributed by atoms with Gasteiger partial charge in [0, 0.05) is 19.5 Å². The quantitative estimate of drug-likeness (QED) is 0.709. The molecule has 0 bridgehead atoms. The average Bonchev–Trinajstić information content (AvgIpc) is 3.27. The van der Waals surface area contributed by atoms with Crippen molar-refractivity contribution in [2.75, 3.05) is 18.4 Å². The summed E-state index contributed by atoms with van der Waals surface area (Å²) in [6.07, 6.45) is 3.13. The maximum absolute atomic E-state index is 12.7. The van der Waals surface area contributed by atoms with Gasteiger partial charge in [0.2, 0.25) is 5.91 Å². The summed E-state index contributed by atoms with van der Waals surface area (Å²) in [7, 11) is 0. The second-order valence-corrected chi connectivity index (χ2v) is 7.23. The predicted molar refractivity (Wildman–Crippen MR) is 112 cm³/mol. The van der Waals surface area contributed by atoms with Crippen molar-refractivity contribution in [1.82, 2.24) is 4.90 Å². The summed E-state index contributed by atoms with van der Waals surface area (Å²) in [6, 6.07) is 21.7. The van der Waals surface area contributed by atoms with Crippen LogP contribution in [0.25, 0.3) is 10.8 Å². The number of aryl methyl sites for hydroxylation is 1. The number of rotatable bonds is 5. The van der Waals surface area contributed by atoms with Gasteiger partial charge in [0.1, 0.15) is 0 Å². The number of fused-ring (bicyclic) bond motifs is 1.